The number of rotatable bonds is 4. The molecular weight excluding hydrogens is 396 g/mol. The Morgan fingerprint density at radius 3 is 2.87 bits per heavy atom. The Morgan fingerprint density at radius 1 is 1.19 bits per heavy atom. The number of ether oxygens (including phenoxy) is 3. The molecule has 8 heteroatoms. The number of carbonyl (C=O) groups is 1. The first-order chi connectivity index (χ1) is 15.1. The van der Waals surface area contributed by atoms with Gasteiger partial charge in [-0.05, 0) is 50.2 Å². The molecule has 1 aromatic heterocycles. The fraction of sp³-hybridized carbons (Fsp3) is 0.391. The topological polar surface area (TPSA) is 88.7 Å². The number of aromatic nitrogens is 2. The van der Waals surface area contributed by atoms with Gasteiger partial charge in [-0.3, -0.25) is 9.69 Å². The lowest BCUT2D eigenvalue weighted by Crippen LogP contribution is -2.45. The number of nitrogens with zero attached hydrogens (tertiary/aromatic N) is 2. The third-order valence-electron chi connectivity index (χ3n) is 6.03. The van der Waals surface area contributed by atoms with Gasteiger partial charge in [0.2, 0.25) is 0 Å². The summed E-state index contributed by atoms with van der Waals surface area (Å²) in [4.78, 5) is 23.4. The van der Waals surface area contributed by atoms with Gasteiger partial charge < -0.3 is 24.5 Å². The van der Waals surface area contributed by atoms with E-state index in [0.717, 1.165) is 42.0 Å². The lowest BCUT2D eigenvalue weighted by atomic mass is 9.96. The normalized spacial score (nSPS) is 21.1. The summed E-state index contributed by atoms with van der Waals surface area (Å²) in [6, 6.07) is 11.3. The minimum atomic E-state index is -0.0976. The summed E-state index contributed by atoms with van der Waals surface area (Å²) >= 11 is 0. The predicted octanol–water partition coefficient (Wildman–Crippen LogP) is 2.91. The number of benzene rings is 2. The molecule has 5 rings (SSSR count). The first-order valence-corrected chi connectivity index (χ1v) is 10.5. The molecule has 0 saturated carbocycles. The zero-order chi connectivity index (χ0) is 21.4. The number of fused-ring (bicyclic) bond motifs is 2. The highest BCUT2D eigenvalue weighted by Gasteiger charge is 2.30. The molecule has 162 valence electrons. The Bertz CT molecular complexity index is 1110. The van der Waals surface area contributed by atoms with E-state index in [9.17, 15) is 4.79 Å². The number of carbonyl (C=O) groups excluding carboxylic acids is 1. The third kappa shape index (κ3) is 3.90. The van der Waals surface area contributed by atoms with Crippen LogP contribution in [0.3, 0.4) is 0 Å². The maximum Gasteiger partial charge on any atom is 0.251 e. The van der Waals surface area contributed by atoms with Gasteiger partial charge in [-0.15, -0.1) is 0 Å². The van der Waals surface area contributed by atoms with Crippen molar-refractivity contribution in [1.29, 1.82) is 0 Å². The molecular formula is C23H26N4O4. The van der Waals surface area contributed by atoms with Crippen molar-refractivity contribution < 1.29 is 19.0 Å². The van der Waals surface area contributed by atoms with Crippen molar-refractivity contribution in [3.05, 3.63) is 47.8 Å². The molecule has 8 nitrogen and oxygen atoms in total. The van der Waals surface area contributed by atoms with E-state index in [-0.39, 0.29) is 18.0 Å². The second-order valence-corrected chi connectivity index (χ2v) is 8.05. The van der Waals surface area contributed by atoms with Crippen molar-refractivity contribution in [2.24, 2.45) is 0 Å². The third-order valence-corrected chi connectivity index (χ3v) is 6.03. The zero-order valence-corrected chi connectivity index (χ0v) is 17.7. The summed E-state index contributed by atoms with van der Waals surface area (Å²) in [5.41, 5.74) is 2.44. The van der Waals surface area contributed by atoms with E-state index in [1.165, 1.54) is 0 Å². The highest BCUT2D eigenvalue weighted by atomic mass is 16.6. The summed E-state index contributed by atoms with van der Waals surface area (Å²) in [6.07, 6.45) is 1.67. The second-order valence-electron chi connectivity index (χ2n) is 8.05. The predicted molar refractivity (Wildman–Crippen MR) is 116 cm³/mol. The van der Waals surface area contributed by atoms with Crippen molar-refractivity contribution in [2.75, 3.05) is 33.9 Å². The van der Waals surface area contributed by atoms with Gasteiger partial charge in [0.25, 0.3) is 5.91 Å². The number of imidazole rings is 1. The number of hydrogen-bond donors (Lipinski definition) is 2. The molecule has 1 fully saturated rings. The number of H-pyrrole nitrogens is 1. The summed E-state index contributed by atoms with van der Waals surface area (Å²) < 4.78 is 16.5. The summed E-state index contributed by atoms with van der Waals surface area (Å²) in [5, 5.41) is 3.19. The SMILES string of the molecule is COc1ccc2nc([C@H]3C[C@H](NC(=O)c4ccc5c(c4)OCCO5)CCN3C)[nH]c2c1. The van der Waals surface area contributed by atoms with Crippen molar-refractivity contribution >= 4 is 16.9 Å². The van der Waals surface area contributed by atoms with Crippen LogP contribution < -0.4 is 19.5 Å². The van der Waals surface area contributed by atoms with Crippen LogP contribution in [-0.2, 0) is 0 Å². The molecule has 2 atom stereocenters. The fourth-order valence-electron chi connectivity index (χ4n) is 4.28. The van der Waals surface area contributed by atoms with Gasteiger partial charge >= 0.3 is 0 Å². The Hall–Kier alpha value is -3.26. The Balaban J connectivity index is 1.31. The lowest BCUT2D eigenvalue weighted by Gasteiger charge is -2.36. The monoisotopic (exact) mass is 422 g/mol. The molecule has 3 aromatic rings. The molecule has 0 radical (unpaired) electrons. The van der Waals surface area contributed by atoms with Gasteiger partial charge in [-0.1, -0.05) is 0 Å². The minimum Gasteiger partial charge on any atom is -0.497 e. The number of amides is 1. The molecule has 2 aliphatic rings. The van der Waals surface area contributed by atoms with Gasteiger partial charge in [0.1, 0.15) is 24.8 Å². The lowest BCUT2D eigenvalue weighted by molar-refractivity contribution is 0.0883. The van der Waals surface area contributed by atoms with Crippen LogP contribution in [0.4, 0.5) is 0 Å². The van der Waals surface area contributed by atoms with Crippen molar-refractivity contribution in [3.8, 4) is 17.2 Å². The van der Waals surface area contributed by atoms with Crippen LogP contribution in [0.15, 0.2) is 36.4 Å². The quantitative estimate of drug-likeness (QED) is 0.672. The average Bonchev–Trinajstić information content (AvgIpc) is 3.23. The number of piperidine rings is 1. The Labute approximate surface area is 180 Å². The Kier molecular flexibility index (Phi) is 5.15. The van der Waals surface area contributed by atoms with E-state index >= 15 is 0 Å². The minimum absolute atomic E-state index is 0.0599. The van der Waals surface area contributed by atoms with Gasteiger partial charge in [0, 0.05) is 24.2 Å². The van der Waals surface area contributed by atoms with Crippen LogP contribution in [0.2, 0.25) is 0 Å². The van der Waals surface area contributed by atoms with Gasteiger partial charge in [-0.2, -0.15) is 0 Å². The smallest absolute Gasteiger partial charge is 0.251 e. The van der Waals surface area contributed by atoms with Crippen LogP contribution in [0.1, 0.15) is 35.1 Å². The summed E-state index contributed by atoms with van der Waals surface area (Å²) in [7, 11) is 3.75. The summed E-state index contributed by atoms with van der Waals surface area (Å²) in [5.74, 6) is 2.91. The fourth-order valence-corrected chi connectivity index (χ4v) is 4.28. The molecule has 0 unspecified atom stereocenters. The number of aromatic amines is 1. The van der Waals surface area contributed by atoms with Gasteiger partial charge in [0.15, 0.2) is 11.5 Å². The maximum atomic E-state index is 12.9. The molecule has 2 aromatic carbocycles. The van der Waals surface area contributed by atoms with Crippen LogP contribution in [0, 0.1) is 0 Å². The van der Waals surface area contributed by atoms with E-state index in [2.05, 4.69) is 22.2 Å². The van der Waals surface area contributed by atoms with E-state index in [1.54, 1.807) is 25.3 Å². The molecule has 0 spiro atoms. The van der Waals surface area contributed by atoms with Crippen molar-refractivity contribution in [1.82, 2.24) is 20.2 Å². The van der Waals surface area contributed by atoms with Gasteiger partial charge in [-0.25, -0.2) is 4.98 Å². The number of hydrogen-bond acceptors (Lipinski definition) is 6. The molecule has 0 bridgehead atoms. The van der Waals surface area contributed by atoms with Crippen LogP contribution in [0.25, 0.3) is 11.0 Å². The first-order valence-electron chi connectivity index (χ1n) is 10.5. The van der Waals surface area contributed by atoms with E-state index in [4.69, 9.17) is 19.2 Å². The maximum absolute atomic E-state index is 12.9. The number of nitrogens with one attached hydrogen (secondary N) is 2. The first kappa shape index (κ1) is 19.7. The molecule has 3 heterocycles. The van der Waals surface area contributed by atoms with Crippen LogP contribution in [0.5, 0.6) is 17.2 Å². The number of likely N-dealkylation sites (tertiary alicyclic amines) is 1. The van der Waals surface area contributed by atoms with Crippen LogP contribution in [-0.4, -0.2) is 60.7 Å². The highest BCUT2D eigenvalue weighted by Crippen LogP contribution is 2.32. The average molecular weight is 422 g/mol. The largest absolute Gasteiger partial charge is 0.497 e. The van der Waals surface area contributed by atoms with Crippen LogP contribution >= 0.6 is 0 Å². The zero-order valence-electron chi connectivity index (χ0n) is 17.7. The number of methoxy groups -OCH3 is 1. The van der Waals surface area contributed by atoms with E-state index in [1.807, 2.05) is 18.2 Å². The highest BCUT2D eigenvalue weighted by molar-refractivity contribution is 5.95. The second kappa shape index (κ2) is 8.11. The molecule has 0 aliphatic carbocycles. The van der Waals surface area contributed by atoms with Crippen molar-refractivity contribution in [2.45, 2.75) is 24.9 Å². The molecule has 1 amide bonds. The molecule has 2 N–H and O–H groups in total. The Morgan fingerprint density at radius 2 is 2.03 bits per heavy atom. The summed E-state index contributed by atoms with van der Waals surface area (Å²) in [6.45, 7) is 1.90. The molecule has 1 saturated heterocycles. The standard InChI is InChI=1S/C23H26N4O4/c1-27-8-7-15(24-23(28)14-3-6-20-21(11-14)31-10-9-30-20)12-19(27)22-25-17-5-4-16(29-2)13-18(17)26-22/h3-6,11,13,15,19H,7-10,12H2,1-2H3,(H,24,28)(H,25,26)/t15-,19-/m1/s1. The van der Waals surface area contributed by atoms with Crippen molar-refractivity contribution in [3.63, 3.8) is 0 Å². The van der Waals surface area contributed by atoms with E-state index < -0.39 is 0 Å². The van der Waals surface area contributed by atoms with E-state index in [0.29, 0.717) is 30.3 Å². The molecule has 2 aliphatic heterocycles. The molecule has 31 heavy (non-hydrogen) atoms. The van der Waals surface area contributed by atoms with Gasteiger partial charge in [0.05, 0.1) is 24.2 Å².